The summed E-state index contributed by atoms with van der Waals surface area (Å²) in [5.41, 5.74) is 0.619. The van der Waals surface area contributed by atoms with Gasteiger partial charge in [-0.05, 0) is 18.2 Å². The number of nitriles is 1. The first-order valence-electron chi connectivity index (χ1n) is 4.51. The van der Waals surface area contributed by atoms with Crippen molar-refractivity contribution < 1.29 is 9.18 Å². The highest BCUT2D eigenvalue weighted by molar-refractivity contribution is 6.00. The van der Waals surface area contributed by atoms with Crippen LogP contribution in [0.1, 0.15) is 6.42 Å². The van der Waals surface area contributed by atoms with E-state index in [1.807, 2.05) is 0 Å². The van der Waals surface area contributed by atoms with Gasteiger partial charge < -0.3 is 5.32 Å². The normalized spacial score (nSPS) is 10.0. The molecule has 0 unspecified atom stereocenters. The van der Waals surface area contributed by atoms with Gasteiger partial charge in [-0.1, -0.05) is 0 Å². The molecule has 16 heavy (non-hydrogen) atoms. The topological polar surface area (TPSA) is 81.6 Å². The molecule has 0 atom stereocenters. The van der Waals surface area contributed by atoms with E-state index in [0.29, 0.717) is 10.9 Å². The quantitative estimate of drug-likeness (QED) is 0.802. The second-order valence-corrected chi connectivity index (χ2v) is 3.15. The molecule has 0 fully saturated rings. The zero-order valence-corrected chi connectivity index (χ0v) is 8.12. The number of hydrogen-bond acceptors (Lipinski definition) is 3. The number of hydrogen-bond donors (Lipinski definition) is 2. The number of rotatable bonds is 2. The molecule has 0 aliphatic heterocycles. The predicted octanol–water partition coefficient (Wildman–Crippen LogP) is 1.55. The number of H-pyrrole nitrogens is 1. The largest absolute Gasteiger partial charge is 0.308 e. The Morgan fingerprint density at radius 2 is 2.44 bits per heavy atom. The monoisotopic (exact) mass is 218 g/mol. The number of anilines is 1. The lowest BCUT2D eigenvalue weighted by molar-refractivity contribution is -0.115. The van der Waals surface area contributed by atoms with Crippen LogP contribution < -0.4 is 5.32 Å². The van der Waals surface area contributed by atoms with E-state index >= 15 is 0 Å². The maximum atomic E-state index is 13.0. The van der Waals surface area contributed by atoms with Gasteiger partial charge in [-0.3, -0.25) is 9.89 Å². The lowest BCUT2D eigenvalue weighted by Gasteiger charge is -1.98. The van der Waals surface area contributed by atoms with Gasteiger partial charge in [0, 0.05) is 5.39 Å². The third kappa shape index (κ3) is 1.83. The van der Waals surface area contributed by atoms with Crippen molar-refractivity contribution in [1.29, 1.82) is 5.26 Å². The lowest BCUT2D eigenvalue weighted by atomic mass is 10.2. The van der Waals surface area contributed by atoms with Crippen molar-refractivity contribution in [2.75, 3.05) is 5.32 Å². The Kier molecular flexibility index (Phi) is 2.52. The molecule has 0 aliphatic rings. The summed E-state index contributed by atoms with van der Waals surface area (Å²) in [6.45, 7) is 0. The number of halogens is 1. The fourth-order valence-electron chi connectivity index (χ4n) is 1.33. The summed E-state index contributed by atoms with van der Waals surface area (Å²) in [6.07, 6.45) is -0.260. The van der Waals surface area contributed by atoms with Gasteiger partial charge >= 0.3 is 0 Å². The van der Waals surface area contributed by atoms with Crippen LogP contribution in [0.5, 0.6) is 0 Å². The predicted molar refractivity (Wildman–Crippen MR) is 54.9 cm³/mol. The van der Waals surface area contributed by atoms with E-state index in [-0.39, 0.29) is 12.2 Å². The Labute approximate surface area is 89.9 Å². The van der Waals surface area contributed by atoms with E-state index in [4.69, 9.17) is 5.26 Å². The number of carbonyl (C=O) groups excluding carboxylic acids is 1. The van der Waals surface area contributed by atoms with Gasteiger partial charge in [-0.2, -0.15) is 10.4 Å². The van der Waals surface area contributed by atoms with Crippen molar-refractivity contribution in [2.24, 2.45) is 0 Å². The van der Waals surface area contributed by atoms with Crippen LogP contribution in [0.4, 0.5) is 10.2 Å². The standard InChI is InChI=1S/C10H7FN4O/c11-6-1-2-8-7(5-6)10(15-14-8)13-9(16)3-4-12/h1-2,5H,3H2,(H2,13,14,15,16). The van der Waals surface area contributed by atoms with Crippen LogP contribution in [0.2, 0.25) is 0 Å². The highest BCUT2D eigenvalue weighted by atomic mass is 19.1. The van der Waals surface area contributed by atoms with Crippen molar-refractivity contribution in [3.8, 4) is 6.07 Å². The molecular weight excluding hydrogens is 211 g/mol. The van der Waals surface area contributed by atoms with Crippen LogP contribution in [0, 0.1) is 17.1 Å². The third-order valence-corrected chi connectivity index (χ3v) is 2.02. The van der Waals surface area contributed by atoms with Crippen molar-refractivity contribution in [3.63, 3.8) is 0 Å². The summed E-state index contributed by atoms with van der Waals surface area (Å²) in [4.78, 5) is 11.2. The molecule has 2 N–H and O–H groups in total. The Bertz CT molecular complexity index is 584. The van der Waals surface area contributed by atoms with Crippen LogP contribution in [0.3, 0.4) is 0 Å². The highest BCUT2D eigenvalue weighted by Crippen LogP contribution is 2.21. The van der Waals surface area contributed by atoms with Crippen LogP contribution in [-0.2, 0) is 4.79 Å². The first kappa shape index (κ1) is 10.1. The number of aromatic amines is 1. The van der Waals surface area contributed by atoms with E-state index in [2.05, 4.69) is 15.5 Å². The highest BCUT2D eigenvalue weighted by Gasteiger charge is 2.09. The van der Waals surface area contributed by atoms with E-state index in [9.17, 15) is 9.18 Å². The van der Waals surface area contributed by atoms with Gasteiger partial charge in [-0.25, -0.2) is 4.39 Å². The zero-order valence-electron chi connectivity index (χ0n) is 8.12. The molecular formula is C10H7FN4O. The number of nitrogens with zero attached hydrogens (tertiary/aromatic N) is 2. The molecule has 6 heteroatoms. The third-order valence-electron chi connectivity index (χ3n) is 2.02. The molecule has 0 radical (unpaired) electrons. The second kappa shape index (κ2) is 3.98. The molecule has 80 valence electrons. The van der Waals surface area contributed by atoms with Gasteiger partial charge in [0.1, 0.15) is 12.2 Å². The smallest absolute Gasteiger partial charge is 0.239 e. The Morgan fingerprint density at radius 3 is 3.19 bits per heavy atom. The maximum Gasteiger partial charge on any atom is 0.239 e. The Hall–Kier alpha value is -2.42. The molecule has 1 aromatic heterocycles. The SMILES string of the molecule is N#CCC(=O)Nc1n[nH]c2ccc(F)cc12. The van der Waals surface area contributed by atoms with E-state index in [1.165, 1.54) is 18.2 Å². The number of fused-ring (bicyclic) bond motifs is 1. The molecule has 2 aromatic rings. The van der Waals surface area contributed by atoms with Crippen LogP contribution in [-0.4, -0.2) is 16.1 Å². The van der Waals surface area contributed by atoms with E-state index in [1.54, 1.807) is 6.07 Å². The van der Waals surface area contributed by atoms with Gasteiger partial charge in [0.15, 0.2) is 5.82 Å². The van der Waals surface area contributed by atoms with Crippen molar-refractivity contribution in [2.45, 2.75) is 6.42 Å². The number of aromatic nitrogens is 2. The van der Waals surface area contributed by atoms with Crippen molar-refractivity contribution >= 4 is 22.6 Å². The van der Waals surface area contributed by atoms with E-state index in [0.717, 1.165) is 0 Å². The Balaban J connectivity index is 2.35. The van der Waals surface area contributed by atoms with Gasteiger partial charge in [0.2, 0.25) is 5.91 Å². The first-order chi connectivity index (χ1) is 7.70. The minimum Gasteiger partial charge on any atom is -0.308 e. The fraction of sp³-hybridized carbons (Fsp3) is 0.100. The van der Waals surface area contributed by atoms with E-state index < -0.39 is 11.7 Å². The molecule has 0 spiro atoms. The fourth-order valence-corrected chi connectivity index (χ4v) is 1.33. The average Bonchev–Trinajstić information content (AvgIpc) is 2.61. The second-order valence-electron chi connectivity index (χ2n) is 3.15. The van der Waals surface area contributed by atoms with Gasteiger partial charge in [0.05, 0.1) is 11.6 Å². The van der Waals surface area contributed by atoms with Crippen LogP contribution >= 0.6 is 0 Å². The molecule has 1 heterocycles. The number of benzene rings is 1. The van der Waals surface area contributed by atoms with Crippen LogP contribution in [0.25, 0.3) is 10.9 Å². The number of carbonyl (C=O) groups is 1. The first-order valence-corrected chi connectivity index (χ1v) is 4.51. The van der Waals surface area contributed by atoms with Gasteiger partial charge in [-0.15, -0.1) is 0 Å². The number of nitrogens with one attached hydrogen (secondary N) is 2. The summed E-state index contributed by atoms with van der Waals surface area (Å²) in [6, 6.07) is 5.80. The molecule has 0 saturated heterocycles. The summed E-state index contributed by atoms with van der Waals surface area (Å²) >= 11 is 0. The summed E-state index contributed by atoms with van der Waals surface area (Å²) in [5, 5.41) is 17.7. The molecule has 2 rings (SSSR count). The lowest BCUT2D eigenvalue weighted by Crippen LogP contribution is -2.10. The average molecular weight is 218 g/mol. The Morgan fingerprint density at radius 1 is 1.62 bits per heavy atom. The van der Waals surface area contributed by atoms with Crippen LogP contribution in [0.15, 0.2) is 18.2 Å². The minimum atomic E-state index is -0.472. The molecule has 1 aromatic carbocycles. The molecule has 1 amide bonds. The number of amides is 1. The molecule has 0 bridgehead atoms. The molecule has 5 nitrogen and oxygen atoms in total. The van der Waals surface area contributed by atoms with Crippen molar-refractivity contribution in [3.05, 3.63) is 24.0 Å². The maximum absolute atomic E-state index is 13.0. The zero-order chi connectivity index (χ0) is 11.5. The van der Waals surface area contributed by atoms with Gasteiger partial charge in [0.25, 0.3) is 0 Å². The minimum absolute atomic E-state index is 0.231. The molecule has 0 aliphatic carbocycles. The summed E-state index contributed by atoms with van der Waals surface area (Å²) < 4.78 is 13.0. The summed E-state index contributed by atoms with van der Waals surface area (Å²) in [5.74, 6) is -0.653. The van der Waals surface area contributed by atoms with Crippen molar-refractivity contribution in [1.82, 2.24) is 10.2 Å². The molecule has 0 saturated carbocycles. The summed E-state index contributed by atoms with van der Waals surface area (Å²) in [7, 11) is 0.